The molecular weight excluding hydrogens is 340 g/mol. The van der Waals surface area contributed by atoms with Gasteiger partial charge in [0, 0.05) is 11.5 Å². The predicted molar refractivity (Wildman–Crippen MR) is 96.6 cm³/mol. The van der Waals surface area contributed by atoms with Crippen LogP contribution in [0.5, 0.6) is 11.5 Å². The van der Waals surface area contributed by atoms with E-state index in [1.807, 2.05) is 24.3 Å². The van der Waals surface area contributed by atoms with Gasteiger partial charge in [-0.15, -0.1) is 0 Å². The Kier molecular flexibility index (Phi) is 6.99. The number of isocyanates is 2. The summed E-state index contributed by atoms with van der Waals surface area (Å²) in [4.78, 5) is 28.0. The topological polar surface area (TPSA) is 77.3 Å². The summed E-state index contributed by atoms with van der Waals surface area (Å²) in [6.45, 7) is 0. The van der Waals surface area contributed by atoms with Crippen molar-refractivity contribution >= 4 is 35.3 Å². The summed E-state index contributed by atoms with van der Waals surface area (Å²) in [5.41, 5.74) is 3.03. The molecule has 0 bridgehead atoms. The van der Waals surface area contributed by atoms with E-state index in [4.69, 9.17) is 9.47 Å². The highest BCUT2D eigenvalue weighted by Gasteiger charge is 2.06. The van der Waals surface area contributed by atoms with Crippen LogP contribution in [0.1, 0.15) is 11.1 Å². The molecule has 0 aliphatic rings. The van der Waals surface area contributed by atoms with E-state index in [1.54, 1.807) is 23.9 Å². The van der Waals surface area contributed by atoms with Gasteiger partial charge in [0.1, 0.15) is 22.9 Å². The van der Waals surface area contributed by atoms with Gasteiger partial charge in [-0.3, -0.25) is 0 Å². The van der Waals surface area contributed by atoms with Crippen molar-refractivity contribution in [1.82, 2.24) is 0 Å². The van der Waals surface area contributed by atoms with E-state index in [-0.39, 0.29) is 0 Å². The minimum Gasteiger partial charge on any atom is -0.494 e. The molecule has 0 aromatic heterocycles. The maximum Gasteiger partial charge on any atom is 0.240 e. The standard InChI is InChI=1S/C18H16N2O4S/c1-23-17-7-13(3-5-15(17)19-11-21)9-25-10-14-4-6-16(20-12-22)18(8-14)24-2/h3-8H,9-10H2,1-2H3. The number of ether oxygens (including phenoxy) is 2. The molecule has 2 aromatic rings. The van der Waals surface area contributed by atoms with Gasteiger partial charge in [-0.1, -0.05) is 12.1 Å². The molecule has 0 atom stereocenters. The van der Waals surface area contributed by atoms with Gasteiger partial charge >= 0.3 is 0 Å². The second-order valence-corrected chi connectivity index (χ2v) is 5.90. The van der Waals surface area contributed by atoms with E-state index >= 15 is 0 Å². The van der Waals surface area contributed by atoms with E-state index in [9.17, 15) is 9.59 Å². The quantitative estimate of drug-likeness (QED) is 0.526. The smallest absolute Gasteiger partial charge is 0.240 e. The van der Waals surface area contributed by atoms with Crippen molar-refractivity contribution in [3.63, 3.8) is 0 Å². The zero-order valence-electron chi connectivity index (χ0n) is 13.8. The molecule has 25 heavy (non-hydrogen) atoms. The molecule has 0 fully saturated rings. The second kappa shape index (κ2) is 9.45. The second-order valence-electron chi connectivity index (χ2n) is 4.91. The zero-order valence-corrected chi connectivity index (χ0v) is 14.6. The van der Waals surface area contributed by atoms with Crippen LogP contribution in [-0.4, -0.2) is 26.4 Å². The number of benzene rings is 2. The first kappa shape index (κ1) is 18.5. The van der Waals surface area contributed by atoms with Crippen molar-refractivity contribution in [3.8, 4) is 11.5 Å². The molecule has 0 spiro atoms. The number of hydrogen-bond acceptors (Lipinski definition) is 7. The Labute approximate surface area is 149 Å². The van der Waals surface area contributed by atoms with Crippen LogP contribution in [0.25, 0.3) is 0 Å². The lowest BCUT2D eigenvalue weighted by Gasteiger charge is -2.08. The first-order valence-corrected chi connectivity index (χ1v) is 8.44. The molecule has 2 aromatic carbocycles. The van der Waals surface area contributed by atoms with Crippen molar-refractivity contribution in [1.29, 1.82) is 0 Å². The zero-order chi connectivity index (χ0) is 18.1. The summed E-state index contributed by atoms with van der Waals surface area (Å²) < 4.78 is 10.5. The number of methoxy groups -OCH3 is 2. The van der Waals surface area contributed by atoms with E-state index in [0.29, 0.717) is 22.9 Å². The van der Waals surface area contributed by atoms with Gasteiger partial charge < -0.3 is 9.47 Å². The third-order valence-electron chi connectivity index (χ3n) is 3.36. The van der Waals surface area contributed by atoms with Crippen LogP contribution in [0.15, 0.2) is 46.4 Å². The molecule has 0 aliphatic heterocycles. The van der Waals surface area contributed by atoms with Gasteiger partial charge in [0.2, 0.25) is 12.2 Å². The number of thioether (sulfide) groups is 1. The third kappa shape index (κ3) is 5.06. The van der Waals surface area contributed by atoms with Crippen molar-refractivity contribution in [2.45, 2.75) is 11.5 Å². The van der Waals surface area contributed by atoms with Gasteiger partial charge in [0.25, 0.3) is 0 Å². The molecule has 0 amide bonds. The fourth-order valence-corrected chi connectivity index (χ4v) is 3.13. The molecule has 6 nitrogen and oxygen atoms in total. The molecule has 0 unspecified atom stereocenters. The average Bonchev–Trinajstić information content (AvgIpc) is 2.64. The maximum absolute atomic E-state index is 10.4. The lowest BCUT2D eigenvalue weighted by molar-refractivity contribution is 0.415. The number of aliphatic imine (C=N–C) groups is 2. The Hall–Kier alpha value is -2.85. The Morgan fingerprint density at radius 2 is 1.28 bits per heavy atom. The summed E-state index contributed by atoms with van der Waals surface area (Å²) in [5, 5.41) is 0. The molecule has 0 N–H and O–H groups in total. The lowest BCUT2D eigenvalue weighted by atomic mass is 10.2. The van der Waals surface area contributed by atoms with Crippen LogP contribution >= 0.6 is 11.8 Å². The Morgan fingerprint density at radius 3 is 1.64 bits per heavy atom. The first-order valence-electron chi connectivity index (χ1n) is 7.29. The summed E-state index contributed by atoms with van der Waals surface area (Å²) in [5.74, 6) is 2.61. The molecule has 0 aliphatic carbocycles. The maximum atomic E-state index is 10.4. The van der Waals surface area contributed by atoms with Gasteiger partial charge in [-0.25, -0.2) is 9.59 Å². The van der Waals surface area contributed by atoms with Crippen LogP contribution in [0.2, 0.25) is 0 Å². The highest BCUT2D eigenvalue weighted by atomic mass is 32.2. The highest BCUT2D eigenvalue weighted by molar-refractivity contribution is 7.97. The average molecular weight is 356 g/mol. The Morgan fingerprint density at radius 1 is 0.840 bits per heavy atom. The van der Waals surface area contributed by atoms with Crippen molar-refractivity contribution in [2.75, 3.05) is 14.2 Å². The fourth-order valence-electron chi connectivity index (χ4n) is 2.19. The third-order valence-corrected chi connectivity index (χ3v) is 4.43. The number of carbonyl (C=O) groups excluding carboxylic acids is 2. The van der Waals surface area contributed by atoms with Crippen LogP contribution in [0.4, 0.5) is 11.4 Å². The molecule has 2 rings (SSSR count). The fraction of sp³-hybridized carbons (Fsp3) is 0.222. The summed E-state index contributed by atoms with van der Waals surface area (Å²) in [6, 6.07) is 11.0. The molecule has 7 heteroatoms. The van der Waals surface area contributed by atoms with Crippen LogP contribution < -0.4 is 9.47 Å². The van der Waals surface area contributed by atoms with E-state index < -0.39 is 0 Å². The largest absolute Gasteiger partial charge is 0.494 e. The van der Waals surface area contributed by atoms with Crippen molar-refractivity contribution in [2.24, 2.45) is 9.98 Å². The van der Waals surface area contributed by atoms with Gasteiger partial charge in [-0.2, -0.15) is 21.7 Å². The Bertz CT molecular complexity index is 771. The van der Waals surface area contributed by atoms with Crippen molar-refractivity contribution < 1.29 is 19.1 Å². The molecule has 0 radical (unpaired) electrons. The number of rotatable bonds is 8. The monoisotopic (exact) mass is 356 g/mol. The molecule has 0 saturated carbocycles. The number of hydrogen-bond donors (Lipinski definition) is 0. The van der Waals surface area contributed by atoms with Crippen LogP contribution in [0.3, 0.4) is 0 Å². The van der Waals surface area contributed by atoms with E-state index in [0.717, 1.165) is 22.6 Å². The molecular formula is C18H16N2O4S. The van der Waals surface area contributed by atoms with E-state index in [2.05, 4.69) is 9.98 Å². The number of nitrogens with zero attached hydrogens (tertiary/aromatic N) is 2. The lowest BCUT2D eigenvalue weighted by Crippen LogP contribution is -1.89. The molecule has 0 heterocycles. The molecule has 128 valence electrons. The van der Waals surface area contributed by atoms with Gasteiger partial charge in [0.15, 0.2) is 0 Å². The van der Waals surface area contributed by atoms with E-state index in [1.165, 1.54) is 26.4 Å². The van der Waals surface area contributed by atoms with Crippen molar-refractivity contribution in [3.05, 3.63) is 47.5 Å². The minimum absolute atomic E-state index is 0.460. The van der Waals surface area contributed by atoms with Crippen LogP contribution in [-0.2, 0) is 21.1 Å². The molecule has 0 saturated heterocycles. The van der Waals surface area contributed by atoms with Gasteiger partial charge in [0.05, 0.1) is 14.2 Å². The van der Waals surface area contributed by atoms with Gasteiger partial charge in [-0.05, 0) is 35.4 Å². The van der Waals surface area contributed by atoms with Crippen LogP contribution in [0, 0.1) is 0 Å². The SMILES string of the molecule is COc1cc(CSCc2ccc(N=C=O)c(OC)c2)ccc1N=C=O. The predicted octanol–water partition coefficient (Wildman–Crippen LogP) is 4.07. The summed E-state index contributed by atoms with van der Waals surface area (Å²) in [6.07, 6.45) is 3.03. The minimum atomic E-state index is 0.460. The summed E-state index contributed by atoms with van der Waals surface area (Å²) in [7, 11) is 3.07. The summed E-state index contributed by atoms with van der Waals surface area (Å²) >= 11 is 1.71. The Balaban J connectivity index is 2.03. The normalized spacial score (nSPS) is 9.68. The highest BCUT2D eigenvalue weighted by Crippen LogP contribution is 2.32. The first-order chi connectivity index (χ1) is 12.2.